The quantitative estimate of drug-likeness (QED) is 0.427. The lowest BCUT2D eigenvalue weighted by Crippen LogP contribution is -2.24. The Morgan fingerprint density at radius 1 is 1.03 bits per heavy atom. The first-order chi connectivity index (χ1) is 14.4. The van der Waals surface area contributed by atoms with Crippen molar-refractivity contribution in [2.24, 2.45) is 0 Å². The van der Waals surface area contributed by atoms with Gasteiger partial charge in [0.1, 0.15) is 0 Å². The standard InChI is InChI=1S/C24H26N4OS/c1-6-20(23(29)25-18-9-7-8-14(2)11-18)30-24-27-26-21-13-16(4)19-12-15(3)10-17(5)22(19)28(21)24/h7-13,20H,6H2,1-5H3,(H,25,29). The number of aromatic nitrogens is 3. The van der Waals surface area contributed by atoms with Crippen LogP contribution in [-0.4, -0.2) is 25.8 Å². The minimum atomic E-state index is -0.264. The van der Waals surface area contributed by atoms with Gasteiger partial charge in [-0.25, -0.2) is 0 Å². The van der Waals surface area contributed by atoms with E-state index in [9.17, 15) is 4.79 Å². The van der Waals surface area contributed by atoms with Crippen LogP contribution in [0.2, 0.25) is 0 Å². The van der Waals surface area contributed by atoms with E-state index in [1.54, 1.807) is 0 Å². The van der Waals surface area contributed by atoms with Crippen molar-refractivity contribution >= 4 is 39.9 Å². The minimum absolute atomic E-state index is 0.0196. The second-order valence-corrected chi connectivity index (χ2v) is 9.02. The smallest absolute Gasteiger partial charge is 0.237 e. The molecule has 0 radical (unpaired) electrons. The largest absolute Gasteiger partial charge is 0.325 e. The molecule has 1 unspecified atom stereocenters. The molecule has 0 saturated heterocycles. The number of amides is 1. The van der Waals surface area contributed by atoms with Crippen molar-refractivity contribution in [3.63, 3.8) is 0 Å². The molecule has 1 atom stereocenters. The van der Waals surface area contributed by atoms with E-state index >= 15 is 0 Å². The van der Waals surface area contributed by atoms with Crippen LogP contribution in [0.3, 0.4) is 0 Å². The van der Waals surface area contributed by atoms with E-state index in [4.69, 9.17) is 0 Å². The van der Waals surface area contributed by atoms with Gasteiger partial charge in [-0.3, -0.25) is 9.20 Å². The number of aryl methyl sites for hydroxylation is 4. The van der Waals surface area contributed by atoms with Crippen LogP contribution in [-0.2, 0) is 4.79 Å². The van der Waals surface area contributed by atoms with Gasteiger partial charge < -0.3 is 5.32 Å². The van der Waals surface area contributed by atoms with Gasteiger partial charge in [-0.15, -0.1) is 10.2 Å². The molecular formula is C24H26N4OS. The van der Waals surface area contributed by atoms with Crippen molar-refractivity contribution in [3.05, 3.63) is 64.7 Å². The number of anilines is 1. The first kappa shape index (κ1) is 20.4. The summed E-state index contributed by atoms with van der Waals surface area (Å²) in [4.78, 5) is 13.0. The first-order valence-electron chi connectivity index (χ1n) is 10.2. The number of thioether (sulfide) groups is 1. The Morgan fingerprint density at radius 3 is 2.57 bits per heavy atom. The Kier molecular flexibility index (Phi) is 5.52. The number of benzene rings is 2. The summed E-state index contributed by atoms with van der Waals surface area (Å²) >= 11 is 1.47. The third-order valence-electron chi connectivity index (χ3n) is 5.29. The molecule has 0 bridgehead atoms. The highest BCUT2D eigenvalue weighted by Gasteiger charge is 2.22. The maximum Gasteiger partial charge on any atom is 0.237 e. The molecule has 5 nitrogen and oxygen atoms in total. The van der Waals surface area contributed by atoms with Gasteiger partial charge >= 0.3 is 0 Å². The molecular weight excluding hydrogens is 392 g/mol. The molecule has 30 heavy (non-hydrogen) atoms. The summed E-state index contributed by atoms with van der Waals surface area (Å²) in [7, 11) is 0. The average Bonchev–Trinajstić information content (AvgIpc) is 3.08. The second kappa shape index (κ2) is 8.11. The van der Waals surface area contributed by atoms with E-state index in [-0.39, 0.29) is 11.2 Å². The SMILES string of the molecule is CCC(Sc1nnc2cc(C)c3cc(C)cc(C)c3n12)C(=O)Nc1cccc(C)c1. The van der Waals surface area contributed by atoms with Crippen LogP contribution in [0.4, 0.5) is 5.69 Å². The lowest BCUT2D eigenvalue weighted by atomic mass is 10.0. The Morgan fingerprint density at radius 2 is 1.83 bits per heavy atom. The number of nitrogens with zero attached hydrogens (tertiary/aromatic N) is 3. The van der Waals surface area contributed by atoms with Crippen molar-refractivity contribution in [3.8, 4) is 0 Å². The number of rotatable bonds is 5. The molecule has 154 valence electrons. The second-order valence-electron chi connectivity index (χ2n) is 7.85. The van der Waals surface area contributed by atoms with Crippen LogP contribution in [0.5, 0.6) is 0 Å². The monoisotopic (exact) mass is 418 g/mol. The molecule has 0 aliphatic heterocycles. The highest BCUT2D eigenvalue weighted by atomic mass is 32.2. The molecule has 4 aromatic rings. The summed E-state index contributed by atoms with van der Waals surface area (Å²) < 4.78 is 2.09. The Hall–Kier alpha value is -2.86. The van der Waals surface area contributed by atoms with Gasteiger partial charge in [-0.2, -0.15) is 0 Å². The van der Waals surface area contributed by atoms with Crippen LogP contribution in [0, 0.1) is 27.7 Å². The molecule has 1 amide bonds. The molecule has 0 spiro atoms. The molecule has 0 fully saturated rings. The Bertz CT molecular complexity index is 1260. The highest BCUT2D eigenvalue weighted by Crippen LogP contribution is 2.31. The molecule has 2 heterocycles. The van der Waals surface area contributed by atoms with Gasteiger partial charge in [0.05, 0.1) is 10.8 Å². The first-order valence-corrected chi connectivity index (χ1v) is 11.0. The van der Waals surface area contributed by atoms with Gasteiger partial charge in [-0.1, -0.05) is 42.4 Å². The molecule has 2 aromatic carbocycles. The topological polar surface area (TPSA) is 59.3 Å². The minimum Gasteiger partial charge on any atom is -0.325 e. The van der Waals surface area contributed by atoms with Gasteiger partial charge in [0, 0.05) is 11.1 Å². The highest BCUT2D eigenvalue weighted by molar-refractivity contribution is 8.00. The van der Waals surface area contributed by atoms with Crippen LogP contribution in [0.15, 0.2) is 47.6 Å². The van der Waals surface area contributed by atoms with Crippen LogP contribution >= 0.6 is 11.8 Å². The number of pyridine rings is 1. The molecule has 0 aliphatic carbocycles. The maximum atomic E-state index is 13.0. The predicted molar refractivity (Wildman–Crippen MR) is 124 cm³/mol. The van der Waals surface area contributed by atoms with Crippen molar-refractivity contribution in [1.82, 2.24) is 14.6 Å². The fourth-order valence-corrected chi connectivity index (χ4v) is 4.85. The number of carbonyl (C=O) groups excluding carboxylic acids is 1. The van der Waals surface area contributed by atoms with Crippen LogP contribution in [0.25, 0.3) is 16.6 Å². The van der Waals surface area contributed by atoms with Gasteiger partial charge in [0.25, 0.3) is 0 Å². The fraction of sp³-hybridized carbons (Fsp3) is 0.292. The van der Waals surface area contributed by atoms with E-state index < -0.39 is 0 Å². The van der Waals surface area contributed by atoms with Crippen molar-refractivity contribution in [1.29, 1.82) is 0 Å². The van der Waals surface area contributed by atoms with Crippen molar-refractivity contribution in [2.45, 2.75) is 51.4 Å². The number of hydrogen-bond donors (Lipinski definition) is 1. The summed E-state index contributed by atoms with van der Waals surface area (Å²) in [5.74, 6) is -0.0196. The third kappa shape index (κ3) is 3.79. The summed E-state index contributed by atoms with van der Waals surface area (Å²) in [6, 6.07) is 14.3. The summed E-state index contributed by atoms with van der Waals surface area (Å²) in [5.41, 5.74) is 7.44. The normalized spacial score (nSPS) is 12.4. The van der Waals surface area contributed by atoms with Crippen LogP contribution in [0.1, 0.15) is 35.6 Å². The molecule has 6 heteroatoms. The Labute approximate surface area is 180 Å². The number of nitrogens with one attached hydrogen (secondary N) is 1. The van der Waals surface area contributed by atoms with Gasteiger partial charge in [0.2, 0.25) is 5.91 Å². The average molecular weight is 419 g/mol. The zero-order valence-corrected chi connectivity index (χ0v) is 18.8. The molecule has 0 saturated carbocycles. The Balaban J connectivity index is 1.72. The van der Waals surface area contributed by atoms with E-state index in [0.29, 0.717) is 6.42 Å². The van der Waals surface area contributed by atoms with E-state index in [1.807, 2.05) is 38.1 Å². The van der Waals surface area contributed by atoms with E-state index in [0.717, 1.165) is 27.6 Å². The lowest BCUT2D eigenvalue weighted by molar-refractivity contribution is -0.115. The number of fused-ring (bicyclic) bond motifs is 3. The lowest BCUT2D eigenvalue weighted by Gasteiger charge is -2.15. The molecule has 1 N–H and O–H groups in total. The van der Waals surface area contributed by atoms with Crippen LogP contribution < -0.4 is 5.32 Å². The maximum absolute atomic E-state index is 13.0. The van der Waals surface area contributed by atoms with Crippen molar-refractivity contribution < 1.29 is 4.79 Å². The van der Waals surface area contributed by atoms with Gasteiger partial charge in [0.15, 0.2) is 10.8 Å². The fourth-order valence-electron chi connectivity index (χ4n) is 3.89. The molecule has 4 rings (SSSR count). The summed E-state index contributed by atoms with van der Waals surface area (Å²) in [5, 5.41) is 13.5. The zero-order chi connectivity index (χ0) is 21.4. The zero-order valence-electron chi connectivity index (χ0n) is 18.0. The van der Waals surface area contributed by atoms with E-state index in [2.05, 4.69) is 58.9 Å². The van der Waals surface area contributed by atoms with E-state index in [1.165, 1.54) is 33.8 Å². The third-order valence-corrected chi connectivity index (χ3v) is 6.60. The molecule has 2 aromatic heterocycles. The summed E-state index contributed by atoms with van der Waals surface area (Å²) in [6.45, 7) is 10.4. The predicted octanol–water partition coefficient (Wildman–Crippen LogP) is 5.63. The summed E-state index contributed by atoms with van der Waals surface area (Å²) in [6.07, 6.45) is 0.694. The number of hydrogen-bond acceptors (Lipinski definition) is 4. The van der Waals surface area contributed by atoms with Gasteiger partial charge in [-0.05, 0) is 75.1 Å². The molecule has 0 aliphatic rings. The number of carbonyl (C=O) groups is 1. The van der Waals surface area contributed by atoms with Crippen molar-refractivity contribution in [2.75, 3.05) is 5.32 Å².